The second kappa shape index (κ2) is 6.45. The Bertz CT molecular complexity index is 1160. The van der Waals surface area contributed by atoms with Gasteiger partial charge in [0.2, 0.25) is 5.43 Å². The standard InChI is InChI=1S/C19H22FN5O2/c1-4-25-14-10-15(24-7-5-23(3)6-8-24)13(20)9-12(14)17(26)16-18(25)21-11(2)22-19(16)27/h9-10H,4-8H2,1-3H3,(H,21,22,27). The van der Waals surface area contributed by atoms with Crippen LogP contribution in [0.25, 0.3) is 21.9 Å². The zero-order valence-corrected chi connectivity index (χ0v) is 15.7. The number of fused-ring (bicyclic) bond motifs is 2. The maximum Gasteiger partial charge on any atom is 0.264 e. The first-order valence-corrected chi connectivity index (χ1v) is 9.11. The van der Waals surface area contributed by atoms with Crippen LogP contribution in [0, 0.1) is 12.7 Å². The first-order chi connectivity index (χ1) is 12.9. The molecule has 4 rings (SSSR count). The Morgan fingerprint density at radius 2 is 1.89 bits per heavy atom. The van der Waals surface area contributed by atoms with Gasteiger partial charge in [-0.3, -0.25) is 9.59 Å². The third kappa shape index (κ3) is 2.80. The minimum Gasteiger partial charge on any atom is -0.367 e. The number of hydrogen-bond acceptors (Lipinski definition) is 5. The predicted octanol–water partition coefficient (Wildman–Crippen LogP) is 1.46. The van der Waals surface area contributed by atoms with Gasteiger partial charge < -0.3 is 19.4 Å². The van der Waals surface area contributed by atoms with Gasteiger partial charge in [0, 0.05) is 38.1 Å². The van der Waals surface area contributed by atoms with E-state index in [0.717, 1.165) is 26.2 Å². The van der Waals surface area contributed by atoms with Crippen LogP contribution in [0.4, 0.5) is 10.1 Å². The number of H-pyrrole nitrogens is 1. The molecular weight excluding hydrogens is 349 g/mol. The first kappa shape index (κ1) is 17.7. The number of halogens is 1. The van der Waals surface area contributed by atoms with E-state index >= 15 is 0 Å². The number of benzene rings is 1. The van der Waals surface area contributed by atoms with Gasteiger partial charge in [-0.05, 0) is 33.0 Å². The zero-order chi connectivity index (χ0) is 19.3. The van der Waals surface area contributed by atoms with Gasteiger partial charge in [-0.1, -0.05) is 0 Å². The lowest BCUT2D eigenvalue weighted by molar-refractivity contribution is 0.312. The van der Waals surface area contributed by atoms with Crippen molar-refractivity contribution in [3.63, 3.8) is 0 Å². The molecule has 7 nitrogen and oxygen atoms in total. The van der Waals surface area contributed by atoms with E-state index in [-0.39, 0.29) is 10.8 Å². The number of anilines is 1. The molecule has 1 aliphatic heterocycles. The lowest BCUT2D eigenvalue weighted by Crippen LogP contribution is -2.44. The normalized spacial score (nSPS) is 15.8. The van der Waals surface area contributed by atoms with E-state index in [9.17, 15) is 14.0 Å². The summed E-state index contributed by atoms with van der Waals surface area (Å²) in [6.45, 7) is 7.25. The SMILES string of the molecule is CCn1c2cc(N3CCN(C)CC3)c(F)cc2c(=O)c2c(=O)[nH]c(C)nc21. The highest BCUT2D eigenvalue weighted by molar-refractivity contribution is 5.93. The molecule has 1 aliphatic rings. The summed E-state index contributed by atoms with van der Waals surface area (Å²) in [7, 11) is 2.04. The highest BCUT2D eigenvalue weighted by Crippen LogP contribution is 2.27. The number of hydrogen-bond donors (Lipinski definition) is 1. The molecule has 0 amide bonds. The molecule has 0 unspecified atom stereocenters. The molecule has 8 heteroatoms. The number of nitrogens with zero attached hydrogens (tertiary/aromatic N) is 4. The van der Waals surface area contributed by atoms with Crippen molar-refractivity contribution in [2.75, 3.05) is 38.1 Å². The van der Waals surface area contributed by atoms with Crippen LogP contribution in [-0.4, -0.2) is 52.7 Å². The summed E-state index contributed by atoms with van der Waals surface area (Å²) in [5, 5.41) is 0.178. The average molecular weight is 371 g/mol. The van der Waals surface area contributed by atoms with Crippen LogP contribution in [0.2, 0.25) is 0 Å². The zero-order valence-electron chi connectivity index (χ0n) is 15.7. The summed E-state index contributed by atoms with van der Waals surface area (Å²) < 4.78 is 16.7. The Hall–Kier alpha value is -2.74. The van der Waals surface area contributed by atoms with Crippen molar-refractivity contribution >= 4 is 27.6 Å². The summed E-state index contributed by atoms with van der Waals surface area (Å²) in [6, 6.07) is 2.98. The average Bonchev–Trinajstić information content (AvgIpc) is 2.62. The van der Waals surface area contributed by atoms with Crippen LogP contribution in [0.5, 0.6) is 0 Å². The fraction of sp³-hybridized carbons (Fsp3) is 0.421. The molecule has 1 N–H and O–H groups in total. The molecule has 1 aromatic carbocycles. The van der Waals surface area contributed by atoms with Gasteiger partial charge >= 0.3 is 0 Å². The third-order valence-corrected chi connectivity index (χ3v) is 5.26. The van der Waals surface area contributed by atoms with Gasteiger partial charge in [-0.2, -0.15) is 0 Å². The maximum absolute atomic E-state index is 14.9. The van der Waals surface area contributed by atoms with Crippen molar-refractivity contribution in [3.05, 3.63) is 44.4 Å². The molecule has 1 fully saturated rings. The largest absolute Gasteiger partial charge is 0.367 e. The van der Waals surface area contributed by atoms with Crippen LogP contribution in [0.15, 0.2) is 21.7 Å². The highest BCUT2D eigenvalue weighted by atomic mass is 19.1. The molecule has 142 valence electrons. The molecule has 0 spiro atoms. The van der Waals surface area contributed by atoms with Crippen LogP contribution in [0.3, 0.4) is 0 Å². The van der Waals surface area contributed by atoms with E-state index < -0.39 is 16.8 Å². The minimum atomic E-state index is -0.491. The Balaban J connectivity index is 2.04. The molecule has 3 heterocycles. The lowest BCUT2D eigenvalue weighted by atomic mass is 10.1. The van der Waals surface area contributed by atoms with E-state index in [2.05, 4.69) is 14.9 Å². The second-order valence-electron chi connectivity index (χ2n) is 7.03. The number of aromatic nitrogens is 3. The molecule has 0 radical (unpaired) electrons. The first-order valence-electron chi connectivity index (χ1n) is 9.11. The van der Waals surface area contributed by atoms with Crippen molar-refractivity contribution in [1.29, 1.82) is 0 Å². The van der Waals surface area contributed by atoms with Crippen LogP contribution < -0.4 is 15.9 Å². The molecular formula is C19H22FN5O2. The molecule has 1 saturated heterocycles. The van der Waals surface area contributed by atoms with Crippen molar-refractivity contribution in [2.45, 2.75) is 20.4 Å². The lowest BCUT2D eigenvalue weighted by Gasteiger charge is -2.34. The monoisotopic (exact) mass is 371 g/mol. The Kier molecular flexibility index (Phi) is 4.22. The van der Waals surface area contributed by atoms with E-state index in [1.54, 1.807) is 13.0 Å². The van der Waals surface area contributed by atoms with Crippen molar-refractivity contribution in [1.82, 2.24) is 19.4 Å². The molecule has 3 aromatic rings. The van der Waals surface area contributed by atoms with Gasteiger partial charge in [0.15, 0.2) is 5.65 Å². The van der Waals surface area contributed by atoms with Crippen molar-refractivity contribution in [3.8, 4) is 0 Å². The molecule has 0 bridgehead atoms. The van der Waals surface area contributed by atoms with Crippen LogP contribution >= 0.6 is 0 Å². The Morgan fingerprint density at radius 3 is 2.56 bits per heavy atom. The summed E-state index contributed by atoms with van der Waals surface area (Å²) in [5.41, 5.74) is 0.450. The highest BCUT2D eigenvalue weighted by Gasteiger charge is 2.21. The maximum atomic E-state index is 14.9. The van der Waals surface area contributed by atoms with Crippen LogP contribution in [-0.2, 0) is 6.54 Å². The van der Waals surface area contributed by atoms with Gasteiger partial charge in [0.1, 0.15) is 17.0 Å². The summed E-state index contributed by atoms with van der Waals surface area (Å²) >= 11 is 0. The Labute approximate surface area is 155 Å². The smallest absolute Gasteiger partial charge is 0.264 e. The number of piperazine rings is 1. The summed E-state index contributed by atoms with van der Waals surface area (Å²) in [5.74, 6) is -0.00231. The fourth-order valence-corrected chi connectivity index (χ4v) is 3.79. The van der Waals surface area contributed by atoms with Gasteiger partial charge in [0.05, 0.1) is 11.2 Å². The molecule has 2 aromatic heterocycles. The topological polar surface area (TPSA) is 74.2 Å². The fourth-order valence-electron chi connectivity index (χ4n) is 3.79. The second-order valence-corrected chi connectivity index (χ2v) is 7.03. The van der Waals surface area contributed by atoms with E-state index in [1.165, 1.54) is 6.07 Å². The predicted molar refractivity (Wildman–Crippen MR) is 104 cm³/mol. The third-order valence-electron chi connectivity index (χ3n) is 5.26. The number of aromatic amines is 1. The van der Waals surface area contributed by atoms with Gasteiger partial charge in [-0.15, -0.1) is 0 Å². The number of likely N-dealkylation sites (N-methyl/N-ethyl adjacent to an activating group) is 1. The van der Waals surface area contributed by atoms with Gasteiger partial charge in [0.25, 0.3) is 5.56 Å². The summed E-state index contributed by atoms with van der Waals surface area (Å²) in [6.07, 6.45) is 0. The van der Waals surface area contributed by atoms with Crippen LogP contribution in [0.1, 0.15) is 12.7 Å². The number of rotatable bonds is 2. The van der Waals surface area contributed by atoms with Gasteiger partial charge in [-0.25, -0.2) is 9.37 Å². The number of nitrogens with one attached hydrogen (secondary N) is 1. The quantitative estimate of drug-likeness (QED) is 0.691. The van der Waals surface area contributed by atoms with E-state index in [0.29, 0.717) is 29.2 Å². The molecule has 0 atom stereocenters. The Morgan fingerprint density at radius 1 is 1.19 bits per heavy atom. The summed E-state index contributed by atoms with van der Waals surface area (Å²) in [4.78, 5) is 36.4. The van der Waals surface area contributed by atoms with Crippen molar-refractivity contribution in [2.24, 2.45) is 0 Å². The molecule has 0 saturated carbocycles. The van der Waals surface area contributed by atoms with Crippen molar-refractivity contribution < 1.29 is 4.39 Å². The van der Waals surface area contributed by atoms with E-state index in [1.807, 2.05) is 23.4 Å². The molecule has 27 heavy (non-hydrogen) atoms. The molecule has 0 aliphatic carbocycles. The van der Waals surface area contributed by atoms with E-state index in [4.69, 9.17) is 0 Å². The number of pyridine rings is 1. The number of aryl methyl sites for hydroxylation is 2. The minimum absolute atomic E-state index is 0.0262.